The van der Waals surface area contributed by atoms with Crippen LogP contribution in [-0.2, 0) is 0 Å². The van der Waals surface area contributed by atoms with Gasteiger partial charge in [-0.25, -0.2) is 4.39 Å². The third kappa shape index (κ3) is 3.36. The number of hydrogen-bond acceptors (Lipinski definition) is 2. The van der Waals surface area contributed by atoms with E-state index in [4.69, 9.17) is 5.73 Å². The highest BCUT2D eigenvalue weighted by atomic mass is 19.4. The Kier molecular flexibility index (Phi) is 3.38. The summed E-state index contributed by atoms with van der Waals surface area (Å²) < 4.78 is 50.8. The van der Waals surface area contributed by atoms with Gasteiger partial charge in [-0.3, -0.25) is 4.79 Å². The summed E-state index contributed by atoms with van der Waals surface area (Å²) in [7, 11) is 0. The average molecular weight is 276 g/mol. The highest BCUT2D eigenvalue weighted by molar-refractivity contribution is 5.95. The van der Waals surface area contributed by atoms with Crippen molar-refractivity contribution in [1.29, 1.82) is 0 Å². The van der Waals surface area contributed by atoms with Crippen molar-refractivity contribution in [2.75, 3.05) is 12.3 Å². The molecule has 1 saturated carbocycles. The van der Waals surface area contributed by atoms with E-state index in [0.29, 0.717) is 17.7 Å². The maximum absolute atomic E-state index is 13.5. The van der Waals surface area contributed by atoms with Crippen LogP contribution in [0.2, 0.25) is 0 Å². The Labute approximate surface area is 107 Å². The molecule has 1 aromatic rings. The van der Waals surface area contributed by atoms with Crippen LogP contribution >= 0.6 is 0 Å². The molecule has 0 radical (unpaired) electrons. The molecule has 104 valence electrons. The second-order valence-electron chi connectivity index (χ2n) is 4.52. The minimum Gasteiger partial charge on any atom is -0.399 e. The van der Waals surface area contributed by atoms with Gasteiger partial charge in [0.25, 0.3) is 5.91 Å². The minimum absolute atomic E-state index is 0.132. The first-order chi connectivity index (χ1) is 8.78. The lowest BCUT2D eigenvalue weighted by Crippen LogP contribution is -2.40. The average Bonchev–Trinajstić information content (AvgIpc) is 3.11. The molecule has 1 aromatic carbocycles. The van der Waals surface area contributed by atoms with E-state index in [1.165, 1.54) is 6.07 Å². The molecule has 1 aliphatic carbocycles. The number of anilines is 1. The van der Waals surface area contributed by atoms with Gasteiger partial charge in [-0.05, 0) is 31.0 Å². The summed E-state index contributed by atoms with van der Waals surface area (Å²) in [5.41, 5.74) is 5.14. The standard InChI is InChI=1S/C12H12F4N2O/c13-10-4-1-7(17)5-9(10)11(19)18(8-2-3-8)6-12(14,15)16/h1,4-5,8H,2-3,6,17H2. The molecule has 0 atom stereocenters. The zero-order valence-corrected chi connectivity index (χ0v) is 9.88. The summed E-state index contributed by atoms with van der Waals surface area (Å²) in [5, 5.41) is 0. The Hall–Kier alpha value is -1.79. The predicted octanol–water partition coefficient (Wildman–Crippen LogP) is 2.57. The number of carbonyl (C=O) groups excluding carboxylic acids is 1. The Morgan fingerprint density at radius 2 is 2.00 bits per heavy atom. The van der Waals surface area contributed by atoms with Crippen molar-refractivity contribution < 1.29 is 22.4 Å². The lowest BCUT2D eigenvalue weighted by atomic mass is 10.1. The molecule has 0 heterocycles. The molecule has 3 nitrogen and oxygen atoms in total. The minimum atomic E-state index is -4.50. The quantitative estimate of drug-likeness (QED) is 0.681. The van der Waals surface area contributed by atoms with Gasteiger partial charge in [-0.2, -0.15) is 13.2 Å². The fourth-order valence-electron chi connectivity index (χ4n) is 1.81. The van der Waals surface area contributed by atoms with Crippen molar-refractivity contribution in [2.45, 2.75) is 25.1 Å². The van der Waals surface area contributed by atoms with Crippen LogP contribution in [0.15, 0.2) is 18.2 Å². The number of nitrogens with zero attached hydrogens (tertiary/aromatic N) is 1. The third-order valence-electron chi connectivity index (χ3n) is 2.82. The van der Waals surface area contributed by atoms with Crippen LogP contribution in [0, 0.1) is 5.82 Å². The largest absolute Gasteiger partial charge is 0.406 e. The van der Waals surface area contributed by atoms with Crippen LogP contribution in [0.1, 0.15) is 23.2 Å². The van der Waals surface area contributed by atoms with Crippen LogP contribution in [-0.4, -0.2) is 29.6 Å². The SMILES string of the molecule is Nc1ccc(F)c(C(=O)N(CC(F)(F)F)C2CC2)c1. The van der Waals surface area contributed by atoms with Crippen molar-refractivity contribution in [3.05, 3.63) is 29.6 Å². The van der Waals surface area contributed by atoms with Crippen LogP contribution in [0.5, 0.6) is 0 Å². The van der Waals surface area contributed by atoms with E-state index in [2.05, 4.69) is 0 Å². The van der Waals surface area contributed by atoms with E-state index in [9.17, 15) is 22.4 Å². The maximum Gasteiger partial charge on any atom is 0.406 e. The zero-order chi connectivity index (χ0) is 14.2. The number of amides is 1. The highest BCUT2D eigenvalue weighted by Gasteiger charge is 2.41. The van der Waals surface area contributed by atoms with E-state index in [-0.39, 0.29) is 5.69 Å². The predicted molar refractivity (Wildman–Crippen MR) is 60.9 cm³/mol. The molecule has 2 rings (SSSR count). The molecule has 7 heteroatoms. The summed E-state index contributed by atoms with van der Waals surface area (Å²) in [4.78, 5) is 12.7. The Balaban J connectivity index is 2.26. The van der Waals surface area contributed by atoms with Crippen molar-refractivity contribution in [2.24, 2.45) is 0 Å². The molecule has 0 aliphatic heterocycles. The molecule has 1 fully saturated rings. The summed E-state index contributed by atoms with van der Waals surface area (Å²) in [5.74, 6) is -1.84. The smallest absolute Gasteiger partial charge is 0.399 e. The number of hydrogen-bond donors (Lipinski definition) is 1. The van der Waals surface area contributed by atoms with E-state index >= 15 is 0 Å². The number of carbonyl (C=O) groups is 1. The van der Waals surface area contributed by atoms with Gasteiger partial charge in [0.05, 0.1) is 5.56 Å². The molecule has 0 saturated heterocycles. The van der Waals surface area contributed by atoms with Gasteiger partial charge in [0.1, 0.15) is 12.4 Å². The number of alkyl halides is 3. The first kappa shape index (κ1) is 13.6. The topological polar surface area (TPSA) is 46.3 Å². The van der Waals surface area contributed by atoms with Crippen LogP contribution in [0.3, 0.4) is 0 Å². The second kappa shape index (κ2) is 4.71. The fourth-order valence-corrected chi connectivity index (χ4v) is 1.81. The second-order valence-corrected chi connectivity index (χ2v) is 4.52. The van der Waals surface area contributed by atoms with E-state index in [1.807, 2.05) is 0 Å². The van der Waals surface area contributed by atoms with Crippen molar-refractivity contribution in [3.63, 3.8) is 0 Å². The lowest BCUT2D eigenvalue weighted by molar-refractivity contribution is -0.141. The first-order valence-corrected chi connectivity index (χ1v) is 5.70. The van der Waals surface area contributed by atoms with Gasteiger partial charge in [0, 0.05) is 11.7 Å². The lowest BCUT2D eigenvalue weighted by Gasteiger charge is -2.24. The molecule has 19 heavy (non-hydrogen) atoms. The number of nitrogen functional groups attached to an aromatic ring is 1. The first-order valence-electron chi connectivity index (χ1n) is 5.70. The summed E-state index contributed by atoms with van der Waals surface area (Å²) in [6.07, 6.45) is -3.49. The highest BCUT2D eigenvalue weighted by Crippen LogP contribution is 2.32. The maximum atomic E-state index is 13.5. The zero-order valence-electron chi connectivity index (χ0n) is 9.88. The summed E-state index contributed by atoms with van der Waals surface area (Å²) >= 11 is 0. The molecule has 0 unspecified atom stereocenters. The Morgan fingerprint density at radius 1 is 1.37 bits per heavy atom. The molecule has 0 spiro atoms. The molecular weight excluding hydrogens is 264 g/mol. The van der Waals surface area contributed by atoms with Gasteiger partial charge in [0.2, 0.25) is 0 Å². The van der Waals surface area contributed by atoms with E-state index in [1.54, 1.807) is 0 Å². The van der Waals surface area contributed by atoms with Gasteiger partial charge < -0.3 is 10.6 Å². The number of nitrogens with two attached hydrogens (primary N) is 1. The van der Waals surface area contributed by atoms with Crippen molar-refractivity contribution in [1.82, 2.24) is 4.90 Å². The third-order valence-corrected chi connectivity index (χ3v) is 2.82. The number of benzene rings is 1. The van der Waals surface area contributed by atoms with Crippen LogP contribution in [0.4, 0.5) is 23.2 Å². The van der Waals surface area contributed by atoms with Gasteiger partial charge in [0.15, 0.2) is 0 Å². The normalized spacial score (nSPS) is 15.4. The number of halogens is 4. The molecule has 0 bridgehead atoms. The van der Waals surface area contributed by atoms with Gasteiger partial charge >= 0.3 is 6.18 Å². The summed E-state index contributed by atoms with van der Waals surface area (Å²) in [6, 6.07) is 2.82. The fraction of sp³-hybridized carbons (Fsp3) is 0.417. The molecular formula is C12H12F4N2O. The van der Waals surface area contributed by atoms with Crippen LogP contribution < -0.4 is 5.73 Å². The monoisotopic (exact) mass is 276 g/mol. The van der Waals surface area contributed by atoms with E-state index < -0.39 is 36.1 Å². The number of rotatable bonds is 3. The van der Waals surface area contributed by atoms with Gasteiger partial charge in [-0.1, -0.05) is 0 Å². The Bertz CT molecular complexity index is 497. The molecule has 0 aromatic heterocycles. The van der Waals surface area contributed by atoms with Crippen LogP contribution in [0.25, 0.3) is 0 Å². The molecule has 1 amide bonds. The summed E-state index contributed by atoms with van der Waals surface area (Å²) in [6.45, 7) is -1.37. The van der Waals surface area contributed by atoms with Crippen molar-refractivity contribution >= 4 is 11.6 Å². The molecule has 1 aliphatic rings. The van der Waals surface area contributed by atoms with Crippen molar-refractivity contribution in [3.8, 4) is 0 Å². The molecule has 2 N–H and O–H groups in total. The van der Waals surface area contributed by atoms with E-state index in [0.717, 1.165) is 12.1 Å². The Morgan fingerprint density at radius 3 is 2.53 bits per heavy atom. The van der Waals surface area contributed by atoms with Gasteiger partial charge in [-0.15, -0.1) is 0 Å².